The number of amides is 1. The van der Waals surface area contributed by atoms with E-state index in [2.05, 4.69) is 10.3 Å². The molecule has 0 aliphatic rings. The number of esters is 1. The number of carbonyl (C=O) groups is 2. The number of aromatic nitrogens is 2. The zero-order valence-corrected chi connectivity index (χ0v) is 25.5. The Bertz CT molecular complexity index is 1830. The van der Waals surface area contributed by atoms with Gasteiger partial charge in [-0.2, -0.15) is 13.2 Å². The maximum Gasteiger partial charge on any atom is 0.408 e. The molecule has 0 saturated carbocycles. The van der Waals surface area contributed by atoms with Gasteiger partial charge in [-0.3, -0.25) is 14.6 Å². The molecule has 2 aromatic carbocycles. The highest BCUT2D eigenvalue weighted by molar-refractivity contribution is 5.99. The third-order valence-corrected chi connectivity index (χ3v) is 7.61. The summed E-state index contributed by atoms with van der Waals surface area (Å²) in [5.41, 5.74) is 0.300. The molecule has 0 spiro atoms. The van der Waals surface area contributed by atoms with Crippen molar-refractivity contribution in [1.82, 2.24) is 14.9 Å². The topological polar surface area (TPSA) is 112 Å². The molecule has 0 radical (unpaired) electrons. The number of anilines is 1. The minimum Gasteiger partial charge on any atom is -0.496 e. The van der Waals surface area contributed by atoms with Crippen LogP contribution in [-0.4, -0.2) is 53.9 Å². The molecule has 2 aromatic heterocycles. The number of benzene rings is 2. The van der Waals surface area contributed by atoms with Gasteiger partial charge in [-0.25, -0.2) is 13.6 Å². The SMILES string of the molecule is CC[C@@H](Nc1cc(F)c(C(=O)N[C@@H](Cc2ccc(-c3c(OC)cc(C)n(C)c3=O)c3ncccc23)C(=O)OC)c(F)c1)C(F)(F)F. The minimum atomic E-state index is -4.68. The summed E-state index contributed by atoms with van der Waals surface area (Å²) in [7, 11) is 4.12. The van der Waals surface area contributed by atoms with Crippen molar-refractivity contribution < 1.29 is 41.0 Å². The first-order chi connectivity index (χ1) is 21.7. The molecule has 4 aromatic rings. The molecule has 46 heavy (non-hydrogen) atoms. The minimum absolute atomic E-state index is 0.212. The van der Waals surface area contributed by atoms with Crippen molar-refractivity contribution in [2.75, 3.05) is 19.5 Å². The van der Waals surface area contributed by atoms with Crippen LogP contribution in [0.25, 0.3) is 22.0 Å². The monoisotopic (exact) mass is 646 g/mol. The van der Waals surface area contributed by atoms with Gasteiger partial charge in [0.2, 0.25) is 0 Å². The Morgan fingerprint density at radius 2 is 1.74 bits per heavy atom. The average molecular weight is 647 g/mol. The molecular weight excluding hydrogens is 615 g/mol. The maximum atomic E-state index is 15.0. The van der Waals surface area contributed by atoms with E-state index in [1.807, 2.05) is 5.32 Å². The number of methoxy groups -OCH3 is 2. The molecule has 244 valence electrons. The van der Waals surface area contributed by atoms with Crippen LogP contribution in [0.1, 0.15) is 35.0 Å². The van der Waals surface area contributed by atoms with E-state index in [-0.39, 0.29) is 17.5 Å². The van der Waals surface area contributed by atoms with E-state index in [1.165, 1.54) is 24.8 Å². The number of halogens is 5. The molecule has 0 saturated heterocycles. The fraction of sp³-hybridized carbons (Fsp3) is 0.312. The van der Waals surface area contributed by atoms with Gasteiger partial charge in [-0.05, 0) is 37.1 Å². The number of nitrogens with one attached hydrogen (secondary N) is 2. The summed E-state index contributed by atoms with van der Waals surface area (Å²) in [6.45, 7) is 3.01. The number of pyridine rings is 2. The van der Waals surface area contributed by atoms with E-state index in [9.17, 15) is 36.3 Å². The summed E-state index contributed by atoms with van der Waals surface area (Å²) < 4.78 is 81.1. The first kappa shape index (κ1) is 33.9. The van der Waals surface area contributed by atoms with Crippen LogP contribution >= 0.6 is 0 Å². The van der Waals surface area contributed by atoms with Crippen LogP contribution in [0, 0.1) is 18.6 Å². The van der Waals surface area contributed by atoms with Crippen molar-refractivity contribution in [2.24, 2.45) is 7.05 Å². The Kier molecular flexibility index (Phi) is 9.98. The van der Waals surface area contributed by atoms with E-state index in [1.54, 1.807) is 44.3 Å². The van der Waals surface area contributed by atoms with Crippen LogP contribution in [0.5, 0.6) is 5.75 Å². The number of aryl methyl sites for hydroxylation is 1. The molecule has 1 amide bonds. The highest BCUT2D eigenvalue weighted by Gasteiger charge is 2.38. The van der Waals surface area contributed by atoms with Crippen LogP contribution in [0.2, 0.25) is 0 Å². The van der Waals surface area contributed by atoms with Crippen molar-refractivity contribution in [3.05, 3.63) is 87.5 Å². The maximum absolute atomic E-state index is 15.0. The van der Waals surface area contributed by atoms with Gasteiger partial charge >= 0.3 is 12.1 Å². The normalized spacial score (nSPS) is 12.8. The number of hydrogen-bond acceptors (Lipinski definition) is 7. The molecule has 0 aliphatic heterocycles. The fourth-order valence-corrected chi connectivity index (χ4v) is 5.09. The Hall–Kier alpha value is -5.01. The molecule has 2 atom stereocenters. The summed E-state index contributed by atoms with van der Waals surface area (Å²) in [5.74, 6) is -4.80. The van der Waals surface area contributed by atoms with E-state index in [0.717, 1.165) is 7.11 Å². The van der Waals surface area contributed by atoms with Crippen LogP contribution in [0.3, 0.4) is 0 Å². The fourth-order valence-electron chi connectivity index (χ4n) is 5.09. The number of fused-ring (bicyclic) bond motifs is 1. The van der Waals surface area contributed by atoms with E-state index in [4.69, 9.17) is 9.47 Å². The Morgan fingerprint density at radius 1 is 1.07 bits per heavy atom. The van der Waals surface area contributed by atoms with Gasteiger partial charge < -0.3 is 24.7 Å². The molecule has 14 heteroatoms. The van der Waals surface area contributed by atoms with E-state index in [0.29, 0.717) is 45.6 Å². The second-order valence-electron chi connectivity index (χ2n) is 10.5. The van der Waals surface area contributed by atoms with Crippen molar-refractivity contribution in [1.29, 1.82) is 0 Å². The smallest absolute Gasteiger partial charge is 0.408 e. The molecule has 9 nitrogen and oxygen atoms in total. The predicted octanol–water partition coefficient (Wildman–Crippen LogP) is 5.46. The molecule has 0 aliphatic carbocycles. The zero-order valence-electron chi connectivity index (χ0n) is 25.5. The number of hydrogen-bond donors (Lipinski definition) is 2. The van der Waals surface area contributed by atoms with Crippen LogP contribution in [0.15, 0.2) is 53.5 Å². The van der Waals surface area contributed by atoms with Gasteiger partial charge in [-0.15, -0.1) is 0 Å². The molecule has 0 unspecified atom stereocenters. The lowest BCUT2D eigenvalue weighted by atomic mass is 9.95. The Labute approximate surface area is 260 Å². The number of rotatable bonds is 10. The predicted molar refractivity (Wildman–Crippen MR) is 161 cm³/mol. The van der Waals surface area contributed by atoms with Crippen molar-refractivity contribution >= 4 is 28.5 Å². The van der Waals surface area contributed by atoms with Gasteiger partial charge in [0, 0.05) is 48.1 Å². The number of alkyl halides is 3. The lowest BCUT2D eigenvalue weighted by Crippen LogP contribution is -2.43. The second-order valence-corrected chi connectivity index (χ2v) is 10.5. The van der Waals surface area contributed by atoms with Crippen molar-refractivity contribution in [3.63, 3.8) is 0 Å². The number of carbonyl (C=O) groups excluding carboxylic acids is 2. The summed E-state index contributed by atoms with van der Waals surface area (Å²) >= 11 is 0. The summed E-state index contributed by atoms with van der Waals surface area (Å²) in [6.07, 6.45) is -3.78. The third-order valence-electron chi connectivity index (χ3n) is 7.61. The quantitative estimate of drug-likeness (QED) is 0.174. The second kappa shape index (κ2) is 13.5. The van der Waals surface area contributed by atoms with Crippen molar-refractivity contribution in [3.8, 4) is 16.9 Å². The Balaban J connectivity index is 1.69. The summed E-state index contributed by atoms with van der Waals surface area (Å²) in [6, 6.07) is 5.90. The average Bonchev–Trinajstić information content (AvgIpc) is 3.01. The third kappa shape index (κ3) is 6.80. The van der Waals surface area contributed by atoms with Crippen LogP contribution < -0.4 is 20.9 Å². The molecule has 0 fully saturated rings. The highest BCUT2D eigenvalue weighted by atomic mass is 19.4. The van der Waals surface area contributed by atoms with Gasteiger partial charge in [-0.1, -0.05) is 25.1 Å². The molecule has 0 bridgehead atoms. The summed E-state index contributed by atoms with van der Waals surface area (Å²) in [4.78, 5) is 43.6. The largest absolute Gasteiger partial charge is 0.496 e. The number of nitrogens with zero attached hydrogens (tertiary/aromatic N) is 2. The molecule has 2 N–H and O–H groups in total. The van der Waals surface area contributed by atoms with Crippen molar-refractivity contribution in [2.45, 2.75) is 44.9 Å². The first-order valence-corrected chi connectivity index (χ1v) is 14.0. The van der Waals surface area contributed by atoms with Gasteiger partial charge in [0.1, 0.15) is 35.0 Å². The van der Waals surface area contributed by atoms with E-state index < -0.39 is 59.4 Å². The summed E-state index contributed by atoms with van der Waals surface area (Å²) in [5, 5.41) is 4.81. The zero-order chi connectivity index (χ0) is 33.9. The van der Waals surface area contributed by atoms with Gasteiger partial charge in [0.25, 0.3) is 11.5 Å². The van der Waals surface area contributed by atoms with Gasteiger partial charge in [0.15, 0.2) is 0 Å². The number of ether oxygens (including phenoxy) is 2. The van der Waals surface area contributed by atoms with Crippen LogP contribution in [0.4, 0.5) is 27.6 Å². The van der Waals surface area contributed by atoms with Gasteiger partial charge in [0.05, 0.1) is 25.3 Å². The molecular formula is C32H31F5N4O5. The first-order valence-electron chi connectivity index (χ1n) is 14.0. The van der Waals surface area contributed by atoms with Crippen LogP contribution in [-0.2, 0) is 23.0 Å². The standard InChI is InChI=1S/C32H31F5N4O5/c1-6-25(32(35,36)37)39-18-14-21(33)27(22(34)15-18)29(42)40-23(31(44)46-5)13-17-9-10-20(28-19(17)8-7-11-38-28)26-24(45-4)12-16(2)41(3)30(26)43/h7-12,14-15,23,25,39H,6,13H2,1-5H3,(H,40,42)/t23-,25+/m0/s1. The van der Waals surface area contributed by atoms with E-state index >= 15 is 0 Å². The highest BCUT2D eigenvalue weighted by Crippen LogP contribution is 2.34. The molecule has 4 rings (SSSR count). The Morgan fingerprint density at radius 3 is 2.33 bits per heavy atom. The lowest BCUT2D eigenvalue weighted by molar-refractivity contribution is -0.143. The molecule has 2 heterocycles. The lowest BCUT2D eigenvalue weighted by Gasteiger charge is -2.22.